The van der Waals surface area contributed by atoms with Crippen LogP contribution in [0.25, 0.3) is 0 Å². The molecule has 5 nitrogen and oxygen atoms in total. The second-order valence-corrected chi connectivity index (χ2v) is 6.26. The number of aryl methyl sites for hydroxylation is 1. The zero-order valence-electron chi connectivity index (χ0n) is 10.4. The molecule has 1 saturated heterocycles. The number of rotatable bonds is 3. The van der Waals surface area contributed by atoms with E-state index in [1.54, 1.807) is 12.1 Å². The predicted octanol–water partition coefficient (Wildman–Crippen LogP) is 1.84. The van der Waals surface area contributed by atoms with E-state index in [2.05, 4.69) is 4.72 Å². The van der Waals surface area contributed by atoms with Crippen molar-refractivity contribution in [3.8, 4) is 5.75 Å². The number of piperidine rings is 1. The van der Waals surface area contributed by atoms with Crippen molar-refractivity contribution in [2.24, 2.45) is 0 Å². The number of nitrogens with one attached hydrogen (secondary N) is 1. The first-order valence-corrected chi connectivity index (χ1v) is 7.50. The summed E-state index contributed by atoms with van der Waals surface area (Å²) in [6.07, 6.45) is 2.85. The van der Waals surface area contributed by atoms with Gasteiger partial charge in [0.1, 0.15) is 5.75 Å². The molecule has 1 aromatic carbocycles. The van der Waals surface area contributed by atoms with Crippen molar-refractivity contribution in [3.05, 3.63) is 23.8 Å². The molecule has 2 rings (SSSR count). The molecule has 0 aliphatic carbocycles. The molecule has 1 aliphatic rings. The average molecular weight is 270 g/mol. The molecule has 1 aliphatic heterocycles. The molecule has 18 heavy (non-hydrogen) atoms. The van der Waals surface area contributed by atoms with Crippen LogP contribution >= 0.6 is 0 Å². The fraction of sp³-hybridized carbons (Fsp3) is 0.500. The molecule has 100 valence electrons. The first-order chi connectivity index (χ1) is 8.49. The van der Waals surface area contributed by atoms with Gasteiger partial charge in [0.15, 0.2) is 0 Å². The normalized spacial score (nSPS) is 17.6. The van der Waals surface area contributed by atoms with Gasteiger partial charge >= 0.3 is 10.2 Å². The number of hydrogen-bond acceptors (Lipinski definition) is 3. The van der Waals surface area contributed by atoms with Crippen LogP contribution in [-0.4, -0.2) is 30.9 Å². The van der Waals surface area contributed by atoms with Crippen molar-refractivity contribution in [1.82, 2.24) is 4.31 Å². The molecule has 0 atom stereocenters. The molecular formula is C12H18N2O3S. The second kappa shape index (κ2) is 5.16. The van der Waals surface area contributed by atoms with E-state index in [0.29, 0.717) is 13.1 Å². The van der Waals surface area contributed by atoms with Crippen LogP contribution in [0.1, 0.15) is 24.8 Å². The van der Waals surface area contributed by atoms with Crippen LogP contribution in [0.2, 0.25) is 0 Å². The summed E-state index contributed by atoms with van der Waals surface area (Å²) in [6, 6.07) is 4.87. The minimum Gasteiger partial charge on any atom is -0.506 e. The summed E-state index contributed by atoms with van der Waals surface area (Å²) in [5, 5.41) is 9.71. The zero-order chi connectivity index (χ0) is 13.2. The highest BCUT2D eigenvalue weighted by Crippen LogP contribution is 2.26. The summed E-state index contributed by atoms with van der Waals surface area (Å²) >= 11 is 0. The highest BCUT2D eigenvalue weighted by molar-refractivity contribution is 7.90. The van der Waals surface area contributed by atoms with Gasteiger partial charge in [0.25, 0.3) is 0 Å². The first-order valence-electron chi connectivity index (χ1n) is 6.06. The summed E-state index contributed by atoms with van der Waals surface area (Å²) in [7, 11) is -3.55. The third-order valence-corrected chi connectivity index (χ3v) is 4.57. The molecule has 0 spiro atoms. The molecule has 0 saturated carbocycles. The van der Waals surface area contributed by atoms with E-state index in [1.807, 2.05) is 6.92 Å². The third kappa shape index (κ3) is 2.94. The number of phenolic OH excluding ortho intramolecular Hbond substituents is 1. The summed E-state index contributed by atoms with van der Waals surface area (Å²) in [4.78, 5) is 0. The Labute approximate surface area is 108 Å². The van der Waals surface area contributed by atoms with Gasteiger partial charge in [-0.2, -0.15) is 12.7 Å². The number of anilines is 1. The fourth-order valence-electron chi connectivity index (χ4n) is 2.04. The van der Waals surface area contributed by atoms with E-state index < -0.39 is 10.2 Å². The van der Waals surface area contributed by atoms with Crippen LogP contribution in [0.3, 0.4) is 0 Å². The summed E-state index contributed by atoms with van der Waals surface area (Å²) < 4.78 is 28.0. The van der Waals surface area contributed by atoms with E-state index in [9.17, 15) is 13.5 Å². The highest BCUT2D eigenvalue weighted by Gasteiger charge is 2.24. The van der Waals surface area contributed by atoms with Gasteiger partial charge in [0, 0.05) is 13.1 Å². The molecule has 0 bridgehead atoms. The van der Waals surface area contributed by atoms with Gasteiger partial charge in [-0.25, -0.2) is 0 Å². The minimum atomic E-state index is -3.55. The molecule has 2 N–H and O–H groups in total. The monoisotopic (exact) mass is 270 g/mol. The lowest BCUT2D eigenvalue weighted by Gasteiger charge is -2.26. The fourth-order valence-corrected chi connectivity index (χ4v) is 3.36. The smallest absolute Gasteiger partial charge is 0.301 e. The maximum Gasteiger partial charge on any atom is 0.301 e. The Morgan fingerprint density at radius 2 is 1.89 bits per heavy atom. The lowest BCUT2D eigenvalue weighted by Crippen LogP contribution is -2.39. The minimum absolute atomic E-state index is 0.0458. The Hall–Kier alpha value is -1.27. The quantitative estimate of drug-likeness (QED) is 0.823. The van der Waals surface area contributed by atoms with Crippen LogP contribution in [0.5, 0.6) is 5.75 Å². The third-order valence-electron chi connectivity index (χ3n) is 3.05. The van der Waals surface area contributed by atoms with Crippen molar-refractivity contribution >= 4 is 15.9 Å². The molecule has 0 amide bonds. The molecule has 1 heterocycles. The molecule has 0 radical (unpaired) electrons. The van der Waals surface area contributed by atoms with Gasteiger partial charge in [-0.1, -0.05) is 12.5 Å². The number of aromatic hydroxyl groups is 1. The number of phenols is 1. The number of benzene rings is 1. The summed E-state index contributed by atoms with van der Waals surface area (Å²) in [6.45, 7) is 2.92. The van der Waals surface area contributed by atoms with Gasteiger partial charge in [-0.15, -0.1) is 0 Å². The predicted molar refractivity (Wildman–Crippen MR) is 70.8 cm³/mol. The highest BCUT2D eigenvalue weighted by atomic mass is 32.2. The molecule has 0 aromatic heterocycles. The lowest BCUT2D eigenvalue weighted by atomic mass is 10.2. The zero-order valence-corrected chi connectivity index (χ0v) is 11.2. The molecule has 1 fully saturated rings. The standard InChI is InChI=1S/C12H18N2O3S/c1-10-5-6-11(12(15)9-10)13-18(16,17)14-7-3-2-4-8-14/h5-6,9,13,15H,2-4,7-8H2,1H3. The topological polar surface area (TPSA) is 69.6 Å². The van der Waals surface area contributed by atoms with E-state index in [0.717, 1.165) is 24.8 Å². The van der Waals surface area contributed by atoms with Crippen molar-refractivity contribution < 1.29 is 13.5 Å². The van der Waals surface area contributed by atoms with Crippen molar-refractivity contribution in [3.63, 3.8) is 0 Å². The lowest BCUT2D eigenvalue weighted by molar-refractivity contribution is 0.349. The maximum atomic E-state index is 12.1. The maximum absolute atomic E-state index is 12.1. The van der Waals surface area contributed by atoms with E-state index >= 15 is 0 Å². The number of hydrogen-bond donors (Lipinski definition) is 2. The largest absolute Gasteiger partial charge is 0.506 e. The Morgan fingerprint density at radius 1 is 1.22 bits per heavy atom. The van der Waals surface area contributed by atoms with E-state index in [1.165, 1.54) is 10.4 Å². The average Bonchev–Trinajstić information content (AvgIpc) is 2.34. The Morgan fingerprint density at radius 3 is 2.50 bits per heavy atom. The van der Waals surface area contributed by atoms with Crippen LogP contribution in [-0.2, 0) is 10.2 Å². The van der Waals surface area contributed by atoms with Gasteiger partial charge in [0.2, 0.25) is 0 Å². The molecule has 1 aromatic rings. The summed E-state index contributed by atoms with van der Waals surface area (Å²) in [5.41, 5.74) is 1.11. The van der Waals surface area contributed by atoms with Crippen LogP contribution in [0.15, 0.2) is 18.2 Å². The van der Waals surface area contributed by atoms with Crippen LogP contribution in [0, 0.1) is 6.92 Å². The Balaban J connectivity index is 2.16. The first kappa shape index (κ1) is 13.2. The number of nitrogens with zero attached hydrogens (tertiary/aromatic N) is 1. The molecule has 0 unspecified atom stereocenters. The summed E-state index contributed by atoms with van der Waals surface area (Å²) in [5.74, 6) is -0.0458. The Bertz CT molecular complexity index is 522. The SMILES string of the molecule is Cc1ccc(NS(=O)(=O)N2CCCCC2)c(O)c1. The van der Waals surface area contributed by atoms with Crippen molar-refractivity contribution in [2.45, 2.75) is 26.2 Å². The van der Waals surface area contributed by atoms with Crippen LogP contribution < -0.4 is 4.72 Å². The van der Waals surface area contributed by atoms with Crippen LogP contribution in [0.4, 0.5) is 5.69 Å². The Kier molecular flexibility index (Phi) is 3.77. The van der Waals surface area contributed by atoms with E-state index in [4.69, 9.17) is 0 Å². The van der Waals surface area contributed by atoms with Crippen molar-refractivity contribution in [2.75, 3.05) is 17.8 Å². The van der Waals surface area contributed by atoms with Gasteiger partial charge in [-0.3, -0.25) is 4.72 Å². The molecule has 6 heteroatoms. The second-order valence-electron chi connectivity index (χ2n) is 4.59. The van der Waals surface area contributed by atoms with Crippen molar-refractivity contribution in [1.29, 1.82) is 0 Å². The molecular weight excluding hydrogens is 252 g/mol. The van der Waals surface area contributed by atoms with E-state index in [-0.39, 0.29) is 11.4 Å². The van der Waals surface area contributed by atoms with Gasteiger partial charge in [-0.05, 0) is 37.5 Å². The van der Waals surface area contributed by atoms with Gasteiger partial charge in [0.05, 0.1) is 5.69 Å². The van der Waals surface area contributed by atoms with Gasteiger partial charge < -0.3 is 5.11 Å².